The lowest BCUT2D eigenvalue weighted by Crippen LogP contribution is -2.00. The highest BCUT2D eigenvalue weighted by molar-refractivity contribution is 9.10. The van der Waals surface area contributed by atoms with Crippen LogP contribution in [0.2, 0.25) is 0 Å². The smallest absolute Gasteiger partial charge is 0.0934 e. The molecule has 0 radical (unpaired) electrons. The van der Waals surface area contributed by atoms with Crippen molar-refractivity contribution < 1.29 is 0 Å². The largest absolute Gasteiger partial charge is 0.379 e. The second-order valence-electron chi connectivity index (χ2n) is 4.24. The first kappa shape index (κ1) is 12.1. The van der Waals surface area contributed by atoms with E-state index in [9.17, 15) is 0 Å². The van der Waals surface area contributed by atoms with Gasteiger partial charge in [-0.15, -0.1) is 0 Å². The summed E-state index contributed by atoms with van der Waals surface area (Å²) < 4.78 is 0.992. The summed E-state index contributed by atoms with van der Waals surface area (Å²) >= 11 is 3.44. The van der Waals surface area contributed by atoms with Crippen LogP contribution in [-0.4, -0.2) is 9.97 Å². The number of nitrogens with zero attached hydrogens (tertiary/aromatic N) is 2. The molecule has 0 atom stereocenters. The first-order valence-corrected chi connectivity index (χ1v) is 6.79. The molecule has 3 rings (SSSR count). The van der Waals surface area contributed by atoms with E-state index in [-0.39, 0.29) is 0 Å². The number of benzene rings is 1. The van der Waals surface area contributed by atoms with Crippen molar-refractivity contribution in [2.75, 3.05) is 5.32 Å². The van der Waals surface area contributed by atoms with Gasteiger partial charge in [0.25, 0.3) is 0 Å². The molecule has 0 aliphatic carbocycles. The van der Waals surface area contributed by atoms with E-state index in [1.54, 1.807) is 12.4 Å². The van der Waals surface area contributed by atoms with Crippen molar-refractivity contribution in [1.29, 1.82) is 0 Å². The normalized spacial score (nSPS) is 10.6. The Labute approximate surface area is 119 Å². The van der Waals surface area contributed by atoms with Crippen LogP contribution in [-0.2, 0) is 6.54 Å². The minimum atomic E-state index is 0.763. The molecule has 0 spiro atoms. The van der Waals surface area contributed by atoms with E-state index in [4.69, 9.17) is 0 Å². The lowest BCUT2D eigenvalue weighted by Gasteiger charge is -2.09. The molecule has 0 bridgehead atoms. The Morgan fingerprint density at radius 1 is 1.11 bits per heavy atom. The quantitative estimate of drug-likeness (QED) is 0.794. The molecule has 0 fully saturated rings. The van der Waals surface area contributed by atoms with Gasteiger partial charge in [0.2, 0.25) is 0 Å². The van der Waals surface area contributed by atoms with E-state index in [0.29, 0.717) is 0 Å². The average Bonchev–Trinajstić information content (AvgIpc) is 2.45. The van der Waals surface area contributed by atoms with Crippen LogP contribution in [0, 0.1) is 0 Å². The van der Waals surface area contributed by atoms with Crippen molar-refractivity contribution >= 4 is 32.5 Å². The molecule has 3 aromatic rings. The fourth-order valence-corrected chi connectivity index (χ4v) is 2.32. The van der Waals surface area contributed by atoms with Gasteiger partial charge in [-0.1, -0.05) is 12.1 Å². The van der Waals surface area contributed by atoms with Gasteiger partial charge in [0.05, 0.1) is 11.2 Å². The van der Waals surface area contributed by atoms with E-state index in [1.807, 2.05) is 30.5 Å². The van der Waals surface area contributed by atoms with Gasteiger partial charge in [-0.05, 0) is 45.8 Å². The third kappa shape index (κ3) is 2.74. The minimum absolute atomic E-state index is 0.763. The molecule has 4 heteroatoms. The van der Waals surface area contributed by atoms with Crippen LogP contribution in [0.5, 0.6) is 0 Å². The molecule has 2 heterocycles. The minimum Gasteiger partial charge on any atom is -0.379 e. The Balaban J connectivity index is 1.89. The summed E-state index contributed by atoms with van der Waals surface area (Å²) in [5.41, 5.74) is 3.23. The highest BCUT2D eigenvalue weighted by Crippen LogP contribution is 2.24. The van der Waals surface area contributed by atoms with E-state index < -0.39 is 0 Å². The molecule has 1 N–H and O–H groups in total. The monoisotopic (exact) mass is 313 g/mol. The van der Waals surface area contributed by atoms with Crippen LogP contribution in [0.4, 0.5) is 5.69 Å². The molecule has 1 aromatic carbocycles. The number of hydrogen-bond donors (Lipinski definition) is 1. The van der Waals surface area contributed by atoms with Crippen molar-refractivity contribution in [2.45, 2.75) is 6.54 Å². The number of aromatic nitrogens is 2. The van der Waals surface area contributed by atoms with Gasteiger partial charge in [-0.25, -0.2) is 0 Å². The average molecular weight is 314 g/mol. The van der Waals surface area contributed by atoms with Crippen LogP contribution >= 0.6 is 15.9 Å². The number of nitrogens with one attached hydrogen (secondary N) is 1. The predicted octanol–water partition coefficient (Wildman–Crippen LogP) is 4.00. The van der Waals surface area contributed by atoms with E-state index >= 15 is 0 Å². The highest BCUT2D eigenvalue weighted by atomic mass is 79.9. The maximum Gasteiger partial charge on any atom is 0.0934 e. The first-order chi connectivity index (χ1) is 9.33. The van der Waals surface area contributed by atoms with E-state index in [1.165, 1.54) is 5.56 Å². The van der Waals surface area contributed by atoms with E-state index in [0.717, 1.165) is 27.6 Å². The van der Waals surface area contributed by atoms with Gasteiger partial charge in [0.15, 0.2) is 0 Å². The molecule has 2 aromatic heterocycles. The third-order valence-electron chi connectivity index (χ3n) is 2.91. The van der Waals surface area contributed by atoms with Gasteiger partial charge in [-0.2, -0.15) is 0 Å². The van der Waals surface area contributed by atoms with Crippen molar-refractivity contribution in [2.24, 2.45) is 0 Å². The summed E-state index contributed by atoms with van der Waals surface area (Å²) in [7, 11) is 0. The molecule has 94 valence electrons. The van der Waals surface area contributed by atoms with Crippen molar-refractivity contribution in [1.82, 2.24) is 9.97 Å². The standard InChI is InChI=1S/C15H12BrN3/c16-13-8-12-2-1-3-14(15(12)19-10-13)18-9-11-4-6-17-7-5-11/h1-8,10,18H,9H2. The number of para-hydroxylation sites is 1. The summed E-state index contributed by atoms with van der Waals surface area (Å²) in [5, 5.41) is 4.54. The molecule has 0 aliphatic heterocycles. The summed E-state index contributed by atoms with van der Waals surface area (Å²) in [5.74, 6) is 0. The van der Waals surface area contributed by atoms with Gasteiger partial charge >= 0.3 is 0 Å². The zero-order chi connectivity index (χ0) is 13.1. The van der Waals surface area contributed by atoms with Crippen LogP contribution in [0.3, 0.4) is 0 Å². The first-order valence-electron chi connectivity index (χ1n) is 6.00. The maximum atomic E-state index is 4.47. The zero-order valence-electron chi connectivity index (χ0n) is 10.2. The molecule has 19 heavy (non-hydrogen) atoms. The zero-order valence-corrected chi connectivity index (χ0v) is 11.8. The number of pyridine rings is 2. The van der Waals surface area contributed by atoms with Crippen LogP contribution < -0.4 is 5.32 Å². The van der Waals surface area contributed by atoms with Crippen molar-refractivity contribution in [3.63, 3.8) is 0 Å². The lowest BCUT2D eigenvalue weighted by molar-refractivity contribution is 1.13. The molecule has 0 amide bonds. The van der Waals surface area contributed by atoms with Crippen LogP contribution in [0.15, 0.2) is 59.5 Å². The Kier molecular flexibility index (Phi) is 3.42. The number of anilines is 1. The Bertz CT molecular complexity index is 698. The molecule has 0 saturated heterocycles. The highest BCUT2D eigenvalue weighted by Gasteiger charge is 2.02. The summed E-state index contributed by atoms with van der Waals surface area (Å²) in [6.45, 7) is 0.763. The number of rotatable bonds is 3. The SMILES string of the molecule is Brc1cnc2c(NCc3ccncc3)cccc2c1. The summed E-state index contributed by atoms with van der Waals surface area (Å²) in [6, 6.07) is 12.2. The van der Waals surface area contributed by atoms with Gasteiger partial charge in [-0.3, -0.25) is 9.97 Å². The molecule has 0 saturated carbocycles. The predicted molar refractivity (Wildman–Crippen MR) is 81.0 cm³/mol. The Morgan fingerprint density at radius 3 is 2.79 bits per heavy atom. The Hall–Kier alpha value is -1.94. The van der Waals surface area contributed by atoms with Crippen LogP contribution in [0.25, 0.3) is 10.9 Å². The third-order valence-corrected chi connectivity index (χ3v) is 3.34. The molecular formula is C15H12BrN3. The second-order valence-corrected chi connectivity index (χ2v) is 5.16. The maximum absolute atomic E-state index is 4.47. The fourth-order valence-electron chi connectivity index (χ4n) is 1.97. The van der Waals surface area contributed by atoms with E-state index in [2.05, 4.69) is 43.3 Å². The fraction of sp³-hybridized carbons (Fsp3) is 0.0667. The molecule has 0 aliphatic rings. The Morgan fingerprint density at radius 2 is 1.95 bits per heavy atom. The lowest BCUT2D eigenvalue weighted by atomic mass is 10.2. The topological polar surface area (TPSA) is 37.8 Å². The number of hydrogen-bond acceptors (Lipinski definition) is 3. The molecular weight excluding hydrogens is 302 g/mol. The van der Waals surface area contributed by atoms with Gasteiger partial charge < -0.3 is 5.32 Å². The summed E-state index contributed by atoms with van der Waals surface area (Å²) in [6.07, 6.45) is 5.42. The second kappa shape index (κ2) is 5.36. The van der Waals surface area contributed by atoms with Crippen molar-refractivity contribution in [3.8, 4) is 0 Å². The van der Waals surface area contributed by atoms with Crippen LogP contribution in [0.1, 0.15) is 5.56 Å². The number of halogens is 1. The molecule has 3 nitrogen and oxygen atoms in total. The molecule has 0 unspecified atom stereocenters. The number of fused-ring (bicyclic) bond motifs is 1. The van der Waals surface area contributed by atoms with Crippen molar-refractivity contribution in [3.05, 3.63) is 65.0 Å². The summed E-state index contributed by atoms with van der Waals surface area (Å²) in [4.78, 5) is 8.49. The van der Waals surface area contributed by atoms with Gasteiger partial charge in [0, 0.05) is 35.0 Å². The van der Waals surface area contributed by atoms with Gasteiger partial charge in [0.1, 0.15) is 0 Å².